The maximum atomic E-state index is 12.8. The van der Waals surface area contributed by atoms with Gasteiger partial charge in [-0.15, -0.1) is 0 Å². The number of rotatable bonds is 7. The van der Waals surface area contributed by atoms with Gasteiger partial charge >= 0.3 is 5.97 Å². The smallest absolute Gasteiger partial charge is 0.324 e. The highest BCUT2D eigenvalue weighted by atomic mass is 32.2. The van der Waals surface area contributed by atoms with E-state index in [-0.39, 0.29) is 17.9 Å². The minimum Gasteiger partial charge on any atom is -0.465 e. The fraction of sp³-hybridized carbons (Fsp3) is 0.294. The van der Waals surface area contributed by atoms with E-state index in [1.54, 1.807) is 6.92 Å². The predicted octanol–water partition coefficient (Wildman–Crippen LogP) is 1.88. The van der Waals surface area contributed by atoms with E-state index < -0.39 is 22.0 Å². The van der Waals surface area contributed by atoms with E-state index in [9.17, 15) is 13.2 Å². The van der Waals surface area contributed by atoms with Crippen LogP contribution in [0.1, 0.15) is 12.5 Å². The summed E-state index contributed by atoms with van der Waals surface area (Å²) in [7, 11) is -2.47. The second-order valence-electron chi connectivity index (χ2n) is 5.17. The first-order chi connectivity index (χ1) is 11.5. The van der Waals surface area contributed by atoms with Gasteiger partial charge in [-0.2, -0.15) is 4.31 Å². The molecule has 0 bridgehead atoms. The first-order valence-electron chi connectivity index (χ1n) is 7.55. The lowest BCUT2D eigenvalue weighted by Crippen LogP contribution is -2.44. The van der Waals surface area contributed by atoms with Crippen LogP contribution in [0.25, 0.3) is 0 Å². The van der Waals surface area contributed by atoms with Crippen LogP contribution in [0.15, 0.2) is 59.8 Å². The minimum atomic E-state index is -3.85. The Hall–Kier alpha value is -2.25. The lowest BCUT2D eigenvalue weighted by Gasteiger charge is -2.25. The molecular weight excluding hydrogens is 328 g/mol. The SMILES string of the molecule is CCOC(=O)[C@H](Cc1ccccc1)N(C)S(=O)(=O)c1cccnc1. The first kappa shape index (κ1) is 18.1. The highest BCUT2D eigenvalue weighted by Crippen LogP contribution is 2.19. The molecule has 0 unspecified atom stereocenters. The summed E-state index contributed by atoms with van der Waals surface area (Å²) < 4.78 is 31.6. The molecular formula is C17H20N2O4S. The van der Waals surface area contributed by atoms with Gasteiger partial charge in [0, 0.05) is 19.4 Å². The number of carbonyl (C=O) groups is 1. The Morgan fingerprint density at radius 2 is 1.92 bits per heavy atom. The number of benzene rings is 1. The van der Waals surface area contributed by atoms with E-state index in [1.165, 1.54) is 31.6 Å². The molecule has 128 valence electrons. The summed E-state index contributed by atoms with van der Waals surface area (Å²) in [6.07, 6.45) is 2.98. The van der Waals surface area contributed by atoms with Crippen LogP contribution < -0.4 is 0 Å². The summed E-state index contributed by atoms with van der Waals surface area (Å²) >= 11 is 0. The Morgan fingerprint density at radius 1 is 1.21 bits per heavy atom. The van der Waals surface area contributed by atoms with Gasteiger partial charge in [-0.3, -0.25) is 9.78 Å². The number of hydrogen-bond acceptors (Lipinski definition) is 5. The van der Waals surface area contributed by atoms with Crippen LogP contribution in [0.5, 0.6) is 0 Å². The molecule has 0 radical (unpaired) electrons. The van der Waals surface area contributed by atoms with Crippen LogP contribution in [0.4, 0.5) is 0 Å². The zero-order valence-electron chi connectivity index (χ0n) is 13.6. The van der Waals surface area contributed by atoms with Gasteiger partial charge in [-0.25, -0.2) is 8.42 Å². The van der Waals surface area contributed by atoms with Crippen molar-refractivity contribution in [2.75, 3.05) is 13.7 Å². The summed E-state index contributed by atoms with van der Waals surface area (Å²) in [6.45, 7) is 1.87. The second kappa shape index (κ2) is 8.03. The molecule has 1 heterocycles. The lowest BCUT2D eigenvalue weighted by atomic mass is 10.1. The first-order valence-corrected chi connectivity index (χ1v) is 8.99. The second-order valence-corrected chi connectivity index (χ2v) is 7.17. The number of aromatic nitrogens is 1. The number of likely N-dealkylation sites (N-methyl/N-ethyl adjacent to an activating group) is 1. The summed E-state index contributed by atoms with van der Waals surface area (Å²) in [6, 6.07) is 11.3. The van der Waals surface area contributed by atoms with Crippen molar-refractivity contribution in [1.82, 2.24) is 9.29 Å². The molecule has 0 aliphatic carbocycles. The topological polar surface area (TPSA) is 76.6 Å². The van der Waals surface area contributed by atoms with Gasteiger partial charge in [0.15, 0.2) is 0 Å². The van der Waals surface area contributed by atoms with Crippen LogP contribution in [0.3, 0.4) is 0 Å². The number of pyridine rings is 1. The summed E-state index contributed by atoms with van der Waals surface area (Å²) in [4.78, 5) is 16.2. The summed E-state index contributed by atoms with van der Waals surface area (Å²) in [5, 5.41) is 0. The molecule has 0 N–H and O–H groups in total. The molecule has 1 aromatic heterocycles. The van der Waals surface area contributed by atoms with Crippen LogP contribution in [-0.4, -0.2) is 43.4 Å². The third-order valence-corrected chi connectivity index (χ3v) is 5.43. The molecule has 0 fully saturated rings. The van der Waals surface area contributed by atoms with E-state index in [0.717, 1.165) is 9.87 Å². The van der Waals surface area contributed by atoms with Crippen molar-refractivity contribution in [3.63, 3.8) is 0 Å². The quantitative estimate of drug-likeness (QED) is 0.714. The van der Waals surface area contributed by atoms with E-state index in [1.807, 2.05) is 30.3 Å². The van der Waals surface area contributed by atoms with Gasteiger partial charge in [0.2, 0.25) is 10.0 Å². The zero-order valence-corrected chi connectivity index (χ0v) is 14.4. The Morgan fingerprint density at radius 3 is 2.50 bits per heavy atom. The molecule has 0 aliphatic rings. The van der Waals surface area contributed by atoms with E-state index in [4.69, 9.17) is 4.74 Å². The van der Waals surface area contributed by atoms with Gasteiger partial charge in [0.25, 0.3) is 0 Å². The van der Waals surface area contributed by atoms with Crippen LogP contribution in [0.2, 0.25) is 0 Å². The number of carbonyl (C=O) groups excluding carboxylic acids is 1. The maximum Gasteiger partial charge on any atom is 0.324 e. The molecule has 0 saturated heterocycles. The monoisotopic (exact) mass is 348 g/mol. The third kappa shape index (κ3) is 4.18. The molecule has 24 heavy (non-hydrogen) atoms. The fourth-order valence-corrected chi connectivity index (χ4v) is 3.54. The molecule has 1 atom stereocenters. The molecule has 0 spiro atoms. The van der Waals surface area contributed by atoms with Gasteiger partial charge in [-0.05, 0) is 31.0 Å². The lowest BCUT2D eigenvalue weighted by molar-refractivity contribution is -0.147. The minimum absolute atomic E-state index is 0.0369. The van der Waals surface area contributed by atoms with E-state index in [2.05, 4.69) is 4.98 Å². The molecule has 7 heteroatoms. The van der Waals surface area contributed by atoms with Crippen LogP contribution in [-0.2, 0) is 26.0 Å². The highest BCUT2D eigenvalue weighted by Gasteiger charge is 2.34. The summed E-state index contributed by atoms with van der Waals surface area (Å²) in [5.41, 5.74) is 0.851. The third-order valence-electron chi connectivity index (χ3n) is 3.58. The Bertz CT molecular complexity index is 764. The molecule has 0 amide bonds. The van der Waals surface area contributed by atoms with E-state index >= 15 is 0 Å². The van der Waals surface area contributed by atoms with Gasteiger partial charge in [-0.1, -0.05) is 30.3 Å². The Kier molecular flexibility index (Phi) is 6.05. The summed E-state index contributed by atoms with van der Waals surface area (Å²) in [5.74, 6) is -0.573. The van der Waals surface area contributed by atoms with Gasteiger partial charge in [0.1, 0.15) is 10.9 Å². The number of nitrogens with zero attached hydrogens (tertiary/aromatic N) is 2. The average molecular weight is 348 g/mol. The molecule has 0 saturated carbocycles. The van der Waals surface area contributed by atoms with Crippen molar-refractivity contribution < 1.29 is 17.9 Å². The number of ether oxygens (including phenoxy) is 1. The zero-order chi connectivity index (χ0) is 17.6. The van der Waals surface area contributed by atoms with Crippen molar-refractivity contribution in [2.45, 2.75) is 24.3 Å². The standard InChI is InChI=1S/C17H20N2O4S/c1-3-23-17(20)16(12-14-8-5-4-6-9-14)19(2)24(21,22)15-10-7-11-18-13-15/h4-11,13,16H,3,12H2,1-2H3/t16-/m0/s1. The van der Waals surface area contributed by atoms with Gasteiger partial charge < -0.3 is 4.74 Å². The molecule has 6 nitrogen and oxygen atoms in total. The van der Waals surface area contributed by atoms with Crippen molar-refractivity contribution in [2.24, 2.45) is 0 Å². The van der Waals surface area contributed by atoms with Crippen LogP contribution >= 0.6 is 0 Å². The number of hydrogen-bond donors (Lipinski definition) is 0. The number of esters is 1. The van der Waals surface area contributed by atoms with Crippen molar-refractivity contribution in [3.05, 3.63) is 60.4 Å². The van der Waals surface area contributed by atoms with Crippen molar-refractivity contribution in [3.8, 4) is 0 Å². The van der Waals surface area contributed by atoms with Gasteiger partial charge in [0.05, 0.1) is 6.61 Å². The van der Waals surface area contributed by atoms with Crippen molar-refractivity contribution in [1.29, 1.82) is 0 Å². The molecule has 1 aromatic carbocycles. The number of sulfonamides is 1. The van der Waals surface area contributed by atoms with E-state index in [0.29, 0.717) is 0 Å². The normalized spacial score (nSPS) is 12.8. The van der Waals surface area contributed by atoms with Crippen LogP contribution in [0, 0.1) is 0 Å². The highest BCUT2D eigenvalue weighted by molar-refractivity contribution is 7.89. The molecule has 2 rings (SSSR count). The maximum absolute atomic E-state index is 12.8. The predicted molar refractivity (Wildman–Crippen MR) is 89.8 cm³/mol. The average Bonchev–Trinajstić information content (AvgIpc) is 2.61. The largest absolute Gasteiger partial charge is 0.465 e. The van der Waals surface area contributed by atoms with Crippen molar-refractivity contribution >= 4 is 16.0 Å². The molecule has 2 aromatic rings. The Balaban J connectivity index is 2.33. The Labute approximate surface area is 142 Å². The fourth-order valence-electron chi connectivity index (χ4n) is 2.27. The molecule has 0 aliphatic heterocycles.